The molecule has 0 spiro atoms. The monoisotopic (exact) mass is 831 g/mol. The van der Waals surface area contributed by atoms with Crippen molar-refractivity contribution in [2.45, 2.75) is 69.5 Å². The lowest BCUT2D eigenvalue weighted by atomic mass is 9.91. The van der Waals surface area contributed by atoms with Crippen LogP contribution in [0.25, 0.3) is 0 Å². The number of carbonyl (C=O) groups is 5. The zero-order valence-electron chi connectivity index (χ0n) is 30.2. The number of unbranched alkanes of at least 4 members (excludes halogenated alkanes) is 1. The maximum absolute atomic E-state index is 13.6. The maximum atomic E-state index is 13.6. The van der Waals surface area contributed by atoms with Crippen LogP contribution in [0.5, 0.6) is 0 Å². The molecule has 318 valence electrons. The van der Waals surface area contributed by atoms with Crippen molar-refractivity contribution in [2.24, 2.45) is 11.7 Å². The highest BCUT2D eigenvalue weighted by Crippen LogP contribution is 2.38. The van der Waals surface area contributed by atoms with Crippen LogP contribution < -0.4 is 16.0 Å². The number of hydrogen-bond acceptors (Lipinski definition) is 8. The lowest BCUT2D eigenvalue weighted by molar-refractivity contribution is -0.193. The summed E-state index contributed by atoms with van der Waals surface area (Å²) < 4.78 is 95.2. The number of likely N-dealkylation sites (tertiary alicyclic amines) is 2. The number of nitrogens with two attached hydrogens (primary N) is 1. The Morgan fingerprint density at radius 2 is 1.11 bits per heavy atom. The van der Waals surface area contributed by atoms with Crippen molar-refractivity contribution < 1.29 is 78.8 Å². The van der Waals surface area contributed by atoms with Gasteiger partial charge >= 0.3 is 36.4 Å². The lowest BCUT2D eigenvalue weighted by Gasteiger charge is -2.33. The first-order valence-corrected chi connectivity index (χ1v) is 17.3. The van der Waals surface area contributed by atoms with Crippen molar-refractivity contribution in [3.05, 3.63) is 54.1 Å². The number of aliphatic carboxylic acids is 3. The fourth-order valence-electron chi connectivity index (χ4n) is 5.86. The zero-order chi connectivity index (χ0) is 43.1. The number of nitrogens with zero attached hydrogens (tertiary/aromatic N) is 3. The topological polar surface area (TPSA) is 194 Å². The number of piperidine rings is 2. The lowest BCUT2D eigenvalue weighted by Crippen LogP contribution is -2.42. The smallest absolute Gasteiger partial charge is 0.475 e. The summed E-state index contributed by atoms with van der Waals surface area (Å²) in [6.45, 7) is 5.79. The number of para-hydroxylation sites is 3. The van der Waals surface area contributed by atoms with Gasteiger partial charge in [0.15, 0.2) is 0 Å². The fourth-order valence-corrected chi connectivity index (χ4v) is 5.86. The molecule has 0 radical (unpaired) electrons. The minimum absolute atomic E-state index is 0.00565. The molecule has 5 rings (SSSR count). The molecule has 6 N–H and O–H groups in total. The summed E-state index contributed by atoms with van der Waals surface area (Å²) in [7, 11) is 0. The normalized spacial score (nSPS) is 16.7. The molecule has 2 aromatic rings. The minimum atomic E-state index is -5.08. The van der Waals surface area contributed by atoms with Crippen LogP contribution >= 0.6 is 0 Å². The number of fused-ring (bicyclic) bond motifs is 2. The Labute approximate surface area is 320 Å². The number of benzene rings is 2. The van der Waals surface area contributed by atoms with E-state index in [-0.39, 0.29) is 11.8 Å². The summed E-state index contributed by atoms with van der Waals surface area (Å²) in [5, 5.41) is 24.3. The van der Waals surface area contributed by atoms with Gasteiger partial charge in [-0.05, 0) is 95.0 Å². The van der Waals surface area contributed by atoms with Crippen molar-refractivity contribution in [3.8, 4) is 0 Å². The molecule has 3 aliphatic heterocycles. The third-order valence-corrected chi connectivity index (χ3v) is 8.79. The highest BCUT2D eigenvalue weighted by Gasteiger charge is 2.39. The van der Waals surface area contributed by atoms with Crippen molar-refractivity contribution in [1.82, 2.24) is 9.80 Å². The summed E-state index contributed by atoms with van der Waals surface area (Å²) in [4.78, 5) is 59.7. The van der Waals surface area contributed by atoms with Gasteiger partial charge in [-0.3, -0.25) is 19.4 Å². The first kappa shape index (κ1) is 48.2. The first-order chi connectivity index (χ1) is 26.4. The van der Waals surface area contributed by atoms with Crippen LogP contribution in [-0.2, 0) is 19.2 Å². The standard InChI is InChI=1S/C29H39N5O2.3C2HF3O2/c30-23-14-19-32(20-15-23)16-6-5-7-22-12-17-33(18-13-22)21-28(35)34-26-10-3-1-8-24(26)29(36)31-25-9-2-4-11-27(25)34;3*3-2(4,5)1(6)7/h1-4,8-11,22-23H,5-7,12-21,30H2,(H,31,36);3*(H,6,7). The number of amides is 2. The van der Waals surface area contributed by atoms with Gasteiger partial charge in [0.05, 0.1) is 29.2 Å². The van der Waals surface area contributed by atoms with E-state index in [4.69, 9.17) is 35.4 Å². The number of nitrogens with one attached hydrogen (secondary N) is 1. The number of halogens is 9. The number of hydrogen-bond donors (Lipinski definition) is 5. The van der Waals surface area contributed by atoms with E-state index < -0.39 is 36.4 Å². The van der Waals surface area contributed by atoms with Gasteiger partial charge in [0, 0.05) is 6.04 Å². The number of anilines is 3. The summed E-state index contributed by atoms with van der Waals surface area (Å²) in [5.74, 6) is -7.69. The van der Waals surface area contributed by atoms with Crippen LogP contribution in [0.4, 0.5) is 56.6 Å². The Balaban J connectivity index is 0.000000438. The van der Waals surface area contributed by atoms with Gasteiger partial charge in [-0.15, -0.1) is 0 Å². The highest BCUT2D eigenvalue weighted by atomic mass is 19.4. The summed E-state index contributed by atoms with van der Waals surface area (Å²) in [5.41, 5.74) is 8.58. The average molecular weight is 832 g/mol. The number of carboxylic acid groups (broad SMARTS) is 3. The molecule has 3 heterocycles. The highest BCUT2D eigenvalue weighted by molar-refractivity contribution is 6.17. The molecule has 0 bridgehead atoms. The number of alkyl halides is 9. The second-order valence-electron chi connectivity index (χ2n) is 13.0. The molecule has 57 heavy (non-hydrogen) atoms. The van der Waals surface area contributed by atoms with Crippen LogP contribution in [0.15, 0.2) is 48.5 Å². The van der Waals surface area contributed by atoms with Gasteiger partial charge in [0.1, 0.15) is 0 Å². The SMILES string of the molecule is NC1CCN(CCCCC2CCN(CC(=O)N3c4ccccc4NC(=O)c4ccccc43)CC2)CC1.O=C(O)C(F)(F)F.O=C(O)C(F)(F)F.O=C(O)C(F)(F)F. The predicted octanol–water partition coefficient (Wildman–Crippen LogP) is 6.12. The largest absolute Gasteiger partial charge is 0.490 e. The molecule has 2 fully saturated rings. The van der Waals surface area contributed by atoms with E-state index in [1.807, 2.05) is 42.5 Å². The Morgan fingerprint density at radius 1 is 0.667 bits per heavy atom. The first-order valence-electron chi connectivity index (χ1n) is 17.3. The van der Waals surface area contributed by atoms with E-state index in [1.54, 1.807) is 11.0 Å². The molecular weight excluding hydrogens is 789 g/mol. The molecule has 13 nitrogen and oxygen atoms in total. The van der Waals surface area contributed by atoms with Crippen LogP contribution in [0, 0.1) is 5.92 Å². The van der Waals surface area contributed by atoms with Crippen molar-refractivity contribution in [2.75, 3.05) is 49.5 Å². The van der Waals surface area contributed by atoms with Crippen LogP contribution in [0.2, 0.25) is 0 Å². The van der Waals surface area contributed by atoms with Gasteiger partial charge in [-0.25, -0.2) is 14.4 Å². The second kappa shape index (κ2) is 21.5. The van der Waals surface area contributed by atoms with Crippen molar-refractivity contribution in [3.63, 3.8) is 0 Å². The molecule has 0 saturated carbocycles. The van der Waals surface area contributed by atoms with Gasteiger partial charge in [0.25, 0.3) is 5.91 Å². The van der Waals surface area contributed by atoms with Crippen LogP contribution in [-0.4, -0.2) is 119 Å². The van der Waals surface area contributed by atoms with Gasteiger partial charge in [-0.2, -0.15) is 39.5 Å². The fraction of sp³-hybridized carbons (Fsp3) is 0.514. The van der Waals surface area contributed by atoms with Gasteiger partial charge in [-0.1, -0.05) is 37.1 Å². The molecule has 0 unspecified atom stereocenters. The quantitative estimate of drug-likeness (QED) is 0.159. The minimum Gasteiger partial charge on any atom is -0.475 e. The molecule has 2 saturated heterocycles. The molecular formula is C35H42F9N5O8. The molecule has 2 amide bonds. The second-order valence-corrected chi connectivity index (χ2v) is 13.0. The molecule has 0 atom stereocenters. The van der Waals surface area contributed by atoms with E-state index in [9.17, 15) is 49.1 Å². The summed E-state index contributed by atoms with van der Waals surface area (Å²) >= 11 is 0. The van der Waals surface area contributed by atoms with E-state index >= 15 is 0 Å². The summed E-state index contributed by atoms with van der Waals surface area (Å²) in [6.07, 6.45) is -6.83. The van der Waals surface area contributed by atoms with Crippen molar-refractivity contribution >= 4 is 46.8 Å². The third kappa shape index (κ3) is 16.6. The Kier molecular flexibility index (Phi) is 18.2. The van der Waals surface area contributed by atoms with Gasteiger partial charge in [0.2, 0.25) is 5.91 Å². The molecule has 22 heteroatoms. The predicted molar refractivity (Wildman–Crippen MR) is 186 cm³/mol. The van der Waals surface area contributed by atoms with E-state index in [0.717, 1.165) is 63.5 Å². The van der Waals surface area contributed by atoms with Crippen molar-refractivity contribution in [1.29, 1.82) is 0 Å². The Morgan fingerprint density at radius 3 is 1.60 bits per heavy atom. The number of carbonyl (C=O) groups excluding carboxylic acids is 2. The number of rotatable bonds is 7. The molecule has 3 aliphatic rings. The maximum Gasteiger partial charge on any atom is 0.490 e. The van der Waals surface area contributed by atoms with Crippen LogP contribution in [0.3, 0.4) is 0 Å². The third-order valence-electron chi connectivity index (χ3n) is 8.79. The van der Waals surface area contributed by atoms with Gasteiger partial charge < -0.3 is 31.3 Å². The van der Waals surface area contributed by atoms with E-state index in [2.05, 4.69) is 15.1 Å². The zero-order valence-corrected chi connectivity index (χ0v) is 30.2. The molecule has 2 aromatic carbocycles. The Hall–Kier alpha value is -4.96. The van der Waals surface area contributed by atoms with Crippen LogP contribution in [0.1, 0.15) is 55.3 Å². The summed E-state index contributed by atoms with van der Waals surface area (Å²) in [6, 6.07) is 15.3. The average Bonchev–Trinajstić information content (AvgIpc) is 3.25. The Bertz CT molecular complexity index is 1600. The van der Waals surface area contributed by atoms with E-state index in [0.29, 0.717) is 29.5 Å². The van der Waals surface area contributed by atoms with E-state index in [1.165, 1.54) is 25.8 Å². The number of carboxylic acids is 3. The molecule has 0 aromatic heterocycles. The molecule has 0 aliphatic carbocycles.